The summed E-state index contributed by atoms with van der Waals surface area (Å²) in [4.78, 5) is 23.8. The summed E-state index contributed by atoms with van der Waals surface area (Å²) < 4.78 is 58.5. The third-order valence-electron chi connectivity index (χ3n) is 4.52. The second kappa shape index (κ2) is 8.50. The van der Waals surface area contributed by atoms with Crippen molar-refractivity contribution >= 4 is 11.8 Å². The summed E-state index contributed by atoms with van der Waals surface area (Å²) in [5.41, 5.74) is -1.38. The third kappa shape index (κ3) is 5.24. The Bertz CT molecular complexity index is 887. The van der Waals surface area contributed by atoms with Crippen molar-refractivity contribution in [2.24, 2.45) is 5.92 Å². The Balaban J connectivity index is 1.83. The molecule has 154 valence electrons. The first-order chi connectivity index (χ1) is 13.7. The predicted molar refractivity (Wildman–Crippen MR) is 95.3 cm³/mol. The van der Waals surface area contributed by atoms with Gasteiger partial charge in [0, 0.05) is 13.0 Å². The number of halogens is 4. The van der Waals surface area contributed by atoms with Gasteiger partial charge in [0.25, 0.3) is 0 Å². The summed E-state index contributed by atoms with van der Waals surface area (Å²) in [6.07, 6.45) is -4.88. The van der Waals surface area contributed by atoms with E-state index in [0.29, 0.717) is 17.9 Å². The summed E-state index contributed by atoms with van der Waals surface area (Å²) in [7, 11) is 0. The van der Waals surface area contributed by atoms with E-state index >= 15 is 0 Å². The standard InChI is InChI=1S/C20H18F4N2O3/c21-16-7-6-12(8-15(16)20(22,23)24)17(11-29-14-4-2-1-3-5-14)26-19(28)13-9-18(27)25-10-13/h1-8,13,17H,9-11H2,(H,25,27)(H,26,28). The third-order valence-corrected chi connectivity index (χ3v) is 4.52. The van der Waals surface area contributed by atoms with E-state index in [1.807, 2.05) is 0 Å². The van der Waals surface area contributed by atoms with E-state index in [9.17, 15) is 27.2 Å². The maximum Gasteiger partial charge on any atom is 0.419 e. The molecule has 0 bridgehead atoms. The molecule has 0 aliphatic carbocycles. The normalized spacial score (nSPS) is 17.5. The van der Waals surface area contributed by atoms with Gasteiger partial charge in [-0.3, -0.25) is 9.59 Å². The highest BCUT2D eigenvalue weighted by Gasteiger charge is 2.35. The van der Waals surface area contributed by atoms with Gasteiger partial charge >= 0.3 is 6.18 Å². The van der Waals surface area contributed by atoms with Crippen LogP contribution in [-0.4, -0.2) is 25.0 Å². The molecule has 2 amide bonds. The van der Waals surface area contributed by atoms with Crippen molar-refractivity contribution in [2.75, 3.05) is 13.2 Å². The summed E-state index contributed by atoms with van der Waals surface area (Å²) >= 11 is 0. The van der Waals surface area contributed by atoms with Gasteiger partial charge in [0.15, 0.2) is 0 Å². The van der Waals surface area contributed by atoms with Crippen molar-refractivity contribution in [3.8, 4) is 5.75 Å². The molecule has 29 heavy (non-hydrogen) atoms. The molecule has 1 heterocycles. The van der Waals surface area contributed by atoms with Crippen LogP contribution in [0.25, 0.3) is 0 Å². The minimum atomic E-state index is -4.88. The Labute approximate surface area is 164 Å². The van der Waals surface area contributed by atoms with E-state index in [4.69, 9.17) is 4.74 Å². The lowest BCUT2D eigenvalue weighted by molar-refractivity contribution is -0.140. The first-order valence-corrected chi connectivity index (χ1v) is 8.85. The van der Waals surface area contributed by atoms with E-state index in [0.717, 1.165) is 0 Å². The van der Waals surface area contributed by atoms with Crippen LogP contribution in [0.15, 0.2) is 48.5 Å². The maximum absolute atomic E-state index is 13.6. The van der Waals surface area contributed by atoms with Gasteiger partial charge in [0.2, 0.25) is 11.8 Å². The Morgan fingerprint density at radius 1 is 1.21 bits per heavy atom. The molecule has 1 aliphatic heterocycles. The molecule has 1 fully saturated rings. The van der Waals surface area contributed by atoms with Crippen molar-refractivity contribution in [3.05, 3.63) is 65.5 Å². The average molecular weight is 410 g/mol. The van der Waals surface area contributed by atoms with Gasteiger partial charge in [0.05, 0.1) is 17.5 Å². The minimum Gasteiger partial charge on any atom is -0.491 e. The maximum atomic E-state index is 13.6. The number of ether oxygens (including phenoxy) is 1. The number of benzene rings is 2. The second-order valence-corrected chi connectivity index (χ2v) is 6.63. The molecule has 9 heteroatoms. The zero-order valence-electron chi connectivity index (χ0n) is 15.1. The van der Waals surface area contributed by atoms with Crippen LogP contribution in [0.3, 0.4) is 0 Å². The van der Waals surface area contributed by atoms with Gasteiger partial charge < -0.3 is 15.4 Å². The van der Waals surface area contributed by atoms with Crippen molar-refractivity contribution in [2.45, 2.75) is 18.6 Å². The van der Waals surface area contributed by atoms with Crippen LogP contribution < -0.4 is 15.4 Å². The number of hydrogen-bond donors (Lipinski definition) is 2. The predicted octanol–water partition coefficient (Wildman–Crippen LogP) is 3.22. The molecule has 2 atom stereocenters. The molecule has 0 spiro atoms. The number of carbonyl (C=O) groups is 2. The fourth-order valence-electron chi connectivity index (χ4n) is 2.97. The molecule has 1 aliphatic rings. The van der Waals surface area contributed by atoms with Crippen LogP contribution >= 0.6 is 0 Å². The molecule has 2 unspecified atom stereocenters. The van der Waals surface area contributed by atoms with Gasteiger partial charge in [-0.2, -0.15) is 13.2 Å². The monoisotopic (exact) mass is 410 g/mol. The Morgan fingerprint density at radius 3 is 2.55 bits per heavy atom. The summed E-state index contributed by atoms with van der Waals surface area (Å²) in [6, 6.07) is 10.1. The molecule has 0 radical (unpaired) electrons. The molecule has 5 nitrogen and oxygen atoms in total. The fraction of sp³-hybridized carbons (Fsp3) is 0.300. The summed E-state index contributed by atoms with van der Waals surface area (Å²) in [6.45, 7) is -0.0269. The number of para-hydroxylation sites is 1. The van der Waals surface area contributed by atoms with Crippen LogP contribution in [0, 0.1) is 11.7 Å². The smallest absolute Gasteiger partial charge is 0.419 e. The van der Waals surface area contributed by atoms with E-state index in [1.54, 1.807) is 30.3 Å². The van der Waals surface area contributed by atoms with Crippen molar-refractivity contribution in [1.82, 2.24) is 10.6 Å². The van der Waals surface area contributed by atoms with E-state index in [1.165, 1.54) is 6.07 Å². The molecular weight excluding hydrogens is 392 g/mol. The van der Waals surface area contributed by atoms with Gasteiger partial charge in [0.1, 0.15) is 18.2 Å². The zero-order valence-corrected chi connectivity index (χ0v) is 15.1. The fourth-order valence-corrected chi connectivity index (χ4v) is 2.97. The number of carbonyl (C=O) groups excluding carboxylic acids is 2. The highest BCUT2D eigenvalue weighted by molar-refractivity contribution is 5.89. The molecule has 3 rings (SSSR count). The molecule has 2 N–H and O–H groups in total. The molecule has 1 saturated heterocycles. The van der Waals surface area contributed by atoms with Crippen LogP contribution in [0.5, 0.6) is 5.75 Å². The van der Waals surface area contributed by atoms with E-state index in [-0.39, 0.29) is 31.0 Å². The van der Waals surface area contributed by atoms with E-state index < -0.39 is 35.4 Å². The molecule has 0 aromatic heterocycles. The Kier molecular flexibility index (Phi) is 6.05. The van der Waals surface area contributed by atoms with Gasteiger partial charge in [-0.15, -0.1) is 0 Å². The SMILES string of the molecule is O=C1CC(C(=O)NC(COc2ccccc2)c2ccc(F)c(C(F)(F)F)c2)CN1. The lowest BCUT2D eigenvalue weighted by atomic mass is 10.0. The number of alkyl halides is 3. The number of amides is 2. The summed E-state index contributed by atoms with van der Waals surface area (Å²) in [5, 5.41) is 5.15. The first-order valence-electron chi connectivity index (χ1n) is 8.85. The van der Waals surface area contributed by atoms with Crippen molar-refractivity contribution in [3.63, 3.8) is 0 Å². The number of nitrogens with one attached hydrogen (secondary N) is 2. The van der Waals surface area contributed by atoms with Gasteiger partial charge in [-0.25, -0.2) is 4.39 Å². The molecule has 2 aromatic rings. The lowest BCUT2D eigenvalue weighted by Gasteiger charge is -2.22. The number of rotatable bonds is 6. The zero-order chi connectivity index (χ0) is 21.0. The Morgan fingerprint density at radius 2 is 1.93 bits per heavy atom. The first kappa shape index (κ1) is 20.6. The lowest BCUT2D eigenvalue weighted by Crippen LogP contribution is -2.37. The van der Waals surface area contributed by atoms with E-state index in [2.05, 4.69) is 10.6 Å². The van der Waals surface area contributed by atoms with Crippen molar-refractivity contribution in [1.29, 1.82) is 0 Å². The Hall–Kier alpha value is -3.10. The van der Waals surface area contributed by atoms with Crippen LogP contribution in [-0.2, 0) is 15.8 Å². The van der Waals surface area contributed by atoms with Gasteiger partial charge in [-0.1, -0.05) is 24.3 Å². The highest BCUT2D eigenvalue weighted by Crippen LogP contribution is 2.33. The van der Waals surface area contributed by atoms with Crippen LogP contribution in [0.1, 0.15) is 23.6 Å². The molecule has 0 saturated carbocycles. The quantitative estimate of drug-likeness (QED) is 0.719. The average Bonchev–Trinajstić information content (AvgIpc) is 3.12. The topological polar surface area (TPSA) is 67.4 Å². The number of hydrogen-bond acceptors (Lipinski definition) is 3. The summed E-state index contributed by atoms with van der Waals surface area (Å²) in [5.74, 6) is -2.35. The largest absolute Gasteiger partial charge is 0.491 e. The molecule has 2 aromatic carbocycles. The highest BCUT2D eigenvalue weighted by atomic mass is 19.4. The minimum absolute atomic E-state index is 0.00465. The van der Waals surface area contributed by atoms with Gasteiger partial charge in [-0.05, 0) is 29.8 Å². The van der Waals surface area contributed by atoms with Crippen LogP contribution in [0.4, 0.5) is 17.6 Å². The van der Waals surface area contributed by atoms with Crippen LogP contribution in [0.2, 0.25) is 0 Å². The van der Waals surface area contributed by atoms with Crippen molar-refractivity contribution < 1.29 is 31.9 Å². The second-order valence-electron chi connectivity index (χ2n) is 6.63. The molecular formula is C20H18F4N2O3.